The Labute approximate surface area is 159 Å². The van der Waals surface area contributed by atoms with E-state index in [1.165, 1.54) is 0 Å². The van der Waals surface area contributed by atoms with Crippen LogP contribution in [0.15, 0.2) is 16.7 Å². The molecule has 0 saturated carbocycles. The van der Waals surface area contributed by atoms with Gasteiger partial charge in [0.05, 0.1) is 28.3 Å². The summed E-state index contributed by atoms with van der Waals surface area (Å²) in [6.07, 6.45) is 0.466. The fraction of sp³-hybridized carbons (Fsp3) is 0.368. The number of aliphatic carboxylic acids is 1. The molecular weight excluding hydrogens is 366 g/mol. The van der Waals surface area contributed by atoms with Gasteiger partial charge >= 0.3 is 5.97 Å². The van der Waals surface area contributed by atoms with Crippen LogP contribution in [-0.4, -0.2) is 45.1 Å². The molecule has 1 aliphatic rings. The predicted molar refractivity (Wildman–Crippen MR) is 101 cm³/mol. The number of carboxylic acid groups (broad SMARTS) is 1. The van der Waals surface area contributed by atoms with Crippen LogP contribution in [0.5, 0.6) is 0 Å². The highest BCUT2D eigenvalue weighted by atomic mass is 32.1. The largest absolute Gasteiger partial charge is 0.481 e. The fourth-order valence-corrected chi connectivity index (χ4v) is 4.54. The second-order valence-corrected chi connectivity index (χ2v) is 8.37. The van der Waals surface area contributed by atoms with Crippen molar-refractivity contribution in [1.82, 2.24) is 15.0 Å². The number of nitrogens with zero attached hydrogens (tertiary/aromatic N) is 3. The highest BCUT2D eigenvalue weighted by Crippen LogP contribution is 2.33. The molecule has 3 aromatic heterocycles. The van der Waals surface area contributed by atoms with Gasteiger partial charge in [0.1, 0.15) is 0 Å². The van der Waals surface area contributed by atoms with Crippen molar-refractivity contribution in [3.05, 3.63) is 33.1 Å². The molecule has 0 radical (unpaired) electrons. The molecule has 1 fully saturated rings. The van der Waals surface area contributed by atoms with Gasteiger partial charge in [0.15, 0.2) is 0 Å². The van der Waals surface area contributed by atoms with E-state index in [2.05, 4.69) is 10.1 Å². The Hall–Kier alpha value is -2.74. The number of pyridine rings is 1. The lowest BCUT2D eigenvalue weighted by molar-refractivity contribution is -0.141. The minimum Gasteiger partial charge on any atom is -0.481 e. The molecule has 1 amide bonds. The first-order valence-electron chi connectivity index (χ1n) is 8.71. The number of hydrogen-bond acceptors (Lipinski definition) is 6. The highest BCUT2D eigenvalue weighted by Gasteiger charge is 2.33. The lowest BCUT2D eigenvalue weighted by Gasteiger charge is -2.17. The van der Waals surface area contributed by atoms with E-state index in [0.717, 1.165) is 15.3 Å². The molecule has 1 atom stereocenters. The van der Waals surface area contributed by atoms with E-state index < -0.39 is 11.9 Å². The molecule has 4 heterocycles. The molecule has 0 aromatic carbocycles. The summed E-state index contributed by atoms with van der Waals surface area (Å²) in [4.78, 5) is 32.9. The predicted octanol–water partition coefficient (Wildman–Crippen LogP) is 3.42. The Morgan fingerprint density at radius 2 is 2.07 bits per heavy atom. The number of carboxylic acids is 1. The summed E-state index contributed by atoms with van der Waals surface area (Å²) in [7, 11) is 0. The van der Waals surface area contributed by atoms with Crippen molar-refractivity contribution in [3.8, 4) is 11.3 Å². The molecule has 0 bridgehead atoms. The van der Waals surface area contributed by atoms with Gasteiger partial charge in [-0.3, -0.25) is 9.59 Å². The summed E-state index contributed by atoms with van der Waals surface area (Å²) in [5.41, 5.74) is 3.01. The van der Waals surface area contributed by atoms with Gasteiger partial charge in [0, 0.05) is 28.4 Å². The molecule has 4 rings (SSSR count). The second kappa shape index (κ2) is 6.45. The SMILES string of the molecule is Cc1cc(-c2cc(C(=O)N3CCC(C(=O)O)C3)c3c(C)noc3n2)c(C)s1. The summed E-state index contributed by atoms with van der Waals surface area (Å²) < 4.78 is 5.35. The zero-order chi connectivity index (χ0) is 19.3. The van der Waals surface area contributed by atoms with Crippen molar-refractivity contribution in [2.45, 2.75) is 27.2 Å². The Morgan fingerprint density at radius 1 is 1.30 bits per heavy atom. The van der Waals surface area contributed by atoms with Crippen molar-refractivity contribution in [2.24, 2.45) is 5.92 Å². The number of carbonyl (C=O) groups is 2. The summed E-state index contributed by atoms with van der Waals surface area (Å²) in [6.45, 7) is 6.46. The number of rotatable bonds is 3. The van der Waals surface area contributed by atoms with E-state index in [1.807, 2.05) is 19.9 Å². The van der Waals surface area contributed by atoms with E-state index >= 15 is 0 Å². The zero-order valence-electron chi connectivity index (χ0n) is 15.3. The van der Waals surface area contributed by atoms with Gasteiger partial charge in [0.25, 0.3) is 11.6 Å². The third-order valence-corrected chi connectivity index (χ3v) is 5.96. The van der Waals surface area contributed by atoms with Crippen LogP contribution in [0.3, 0.4) is 0 Å². The minimum atomic E-state index is -0.864. The Bertz CT molecular complexity index is 1070. The number of hydrogen-bond donors (Lipinski definition) is 1. The first-order valence-corrected chi connectivity index (χ1v) is 9.53. The zero-order valence-corrected chi connectivity index (χ0v) is 16.1. The van der Waals surface area contributed by atoms with E-state index in [1.54, 1.807) is 29.2 Å². The molecule has 0 spiro atoms. The fourth-order valence-electron chi connectivity index (χ4n) is 3.60. The van der Waals surface area contributed by atoms with Crippen LogP contribution >= 0.6 is 11.3 Å². The molecule has 7 nitrogen and oxygen atoms in total. The highest BCUT2D eigenvalue weighted by molar-refractivity contribution is 7.12. The number of likely N-dealkylation sites (tertiary alicyclic amines) is 1. The lowest BCUT2D eigenvalue weighted by Crippen LogP contribution is -2.30. The third kappa shape index (κ3) is 2.99. The van der Waals surface area contributed by atoms with Crippen LogP contribution < -0.4 is 0 Å². The maximum Gasteiger partial charge on any atom is 0.308 e. The maximum absolute atomic E-state index is 13.2. The maximum atomic E-state index is 13.2. The molecule has 1 aliphatic heterocycles. The van der Waals surface area contributed by atoms with Gasteiger partial charge in [-0.15, -0.1) is 11.3 Å². The average Bonchev–Trinajstić information content (AvgIpc) is 3.33. The average molecular weight is 385 g/mol. The third-order valence-electron chi connectivity index (χ3n) is 4.99. The first kappa shape index (κ1) is 17.7. The number of aromatic nitrogens is 2. The van der Waals surface area contributed by atoms with Crippen LogP contribution in [0.1, 0.15) is 32.2 Å². The standard InChI is InChI=1S/C19H19N3O4S/c1-9-6-13(11(3)27-9)15-7-14(16-10(2)21-26-17(16)20-15)18(23)22-5-4-12(8-22)19(24)25/h6-7,12H,4-5,8H2,1-3H3,(H,24,25). The molecule has 140 valence electrons. The molecule has 27 heavy (non-hydrogen) atoms. The second-order valence-electron chi connectivity index (χ2n) is 6.91. The van der Waals surface area contributed by atoms with Gasteiger partial charge in [-0.2, -0.15) is 0 Å². The molecule has 0 aliphatic carbocycles. The van der Waals surface area contributed by atoms with Crippen LogP contribution in [-0.2, 0) is 4.79 Å². The monoisotopic (exact) mass is 385 g/mol. The van der Waals surface area contributed by atoms with Gasteiger partial charge in [-0.1, -0.05) is 5.16 Å². The van der Waals surface area contributed by atoms with Gasteiger partial charge in [-0.25, -0.2) is 4.98 Å². The summed E-state index contributed by atoms with van der Waals surface area (Å²) in [6, 6.07) is 3.82. The Kier molecular flexibility index (Phi) is 4.22. The Balaban J connectivity index is 1.81. The number of carbonyl (C=O) groups excluding carboxylic acids is 1. The van der Waals surface area contributed by atoms with E-state index in [4.69, 9.17) is 4.52 Å². The first-order chi connectivity index (χ1) is 12.8. The number of amides is 1. The molecule has 1 unspecified atom stereocenters. The smallest absolute Gasteiger partial charge is 0.308 e. The van der Waals surface area contributed by atoms with Crippen molar-refractivity contribution >= 4 is 34.3 Å². The number of thiophene rings is 1. The summed E-state index contributed by atoms with van der Waals surface area (Å²) in [5, 5.41) is 13.8. The number of fused-ring (bicyclic) bond motifs is 1. The van der Waals surface area contributed by atoms with Crippen molar-refractivity contribution in [2.75, 3.05) is 13.1 Å². The minimum absolute atomic E-state index is 0.205. The molecule has 3 aromatic rings. The van der Waals surface area contributed by atoms with Gasteiger partial charge < -0.3 is 14.5 Å². The topological polar surface area (TPSA) is 96.5 Å². The van der Waals surface area contributed by atoms with Crippen molar-refractivity contribution in [3.63, 3.8) is 0 Å². The van der Waals surface area contributed by atoms with Gasteiger partial charge in [0.2, 0.25) is 0 Å². The molecular formula is C19H19N3O4S. The van der Waals surface area contributed by atoms with Gasteiger partial charge in [-0.05, 0) is 39.3 Å². The van der Waals surface area contributed by atoms with E-state index in [0.29, 0.717) is 41.0 Å². The van der Waals surface area contributed by atoms with Crippen molar-refractivity contribution < 1.29 is 19.2 Å². The van der Waals surface area contributed by atoms with E-state index in [-0.39, 0.29) is 12.5 Å². The van der Waals surface area contributed by atoms with Crippen LogP contribution in [0.4, 0.5) is 0 Å². The lowest BCUT2D eigenvalue weighted by atomic mass is 10.0. The molecule has 8 heteroatoms. The normalized spacial score (nSPS) is 17.0. The van der Waals surface area contributed by atoms with E-state index in [9.17, 15) is 14.7 Å². The Morgan fingerprint density at radius 3 is 2.70 bits per heavy atom. The molecule has 1 saturated heterocycles. The van der Waals surface area contributed by atoms with Crippen LogP contribution in [0.25, 0.3) is 22.4 Å². The van der Waals surface area contributed by atoms with Crippen LogP contribution in [0, 0.1) is 26.7 Å². The summed E-state index contributed by atoms with van der Waals surface area (Å²) >= 11 is 1.67. The number of aryl methyl sites for hydroxylation is 3. The van der Waals surface area contributed by atoms with Crippen molar-refractivity contribution in [1.29, 1.82) is 0 Å². The van der Waals surface area contributed by atoms with Crippen LogP contribution in [0.2, 0.25) is 0 Å². The summed E-state index contributed by atoms with van der Waals surface area (Å²) in [5.74, 6) is -1.59. The quantitative estimate of drug-likeness (QED) is 0.742. The molecule has 1 N–H and O–H groups in total.